The van der Waals surface area contributed by atoms with Crippen LogP contribution in [0.3, 0.4) is 0 Å². The molecule has 0 aliphatic heterocycles. The molecule has 0 bridgehead atoms. The van der Waals surface area contributed by atoms with Crippen molar-refractivity contribution in [1.29, 1.82) is 0 Å². The molecule has 7 heteroatoms. The number of nitrogens with one attached hydrogen (secondary N) is 1. The predicted octanol–water partition coefficient (Wildman–Crippen LogP) is 4.83. The molecule has 1 aromatic rings. The summed E-state index contributed by atoms with van der Waals surface area (Å²) in [6, 6.07) is 5.75. The van der Waals surface area contributed by atoms with Crippen molar-refractivity contribution in [2.24, 2.45) is 11.3 Å². The lowest BCUT2D eigenvalue weighted by Crippen LogP contribution is -2.40. The molecule has 0 radical (unpaired) electrons. The highest BCUT2D eigenvalue weighted by Gasteiger charge is 2.30. The Morgan fingerprint density at radius 2 is 1.74 bits per heavy atom. The molecule has 6 nitrogen and oxygen atoms in total. The van der Waals surface area contributed by atoms with E-state index in [0.29, 0.717) is 16.2 Å². The fourth-order valence-electron chi connectivity index (χ4n) is 3.44. The van der Waals surface area contributed by atoms with E-state index in [1.807, 2.05) is 12.1 Å². The summed E-state index contributed by atoms with van der Waals surface area (Å²) in [5.41, 5.74) is 1.12. The number of halogens is 1. The van der Waals surface area contributed by atoms with Gasteiger partial charge in [0.15, 0.2) is 0 Å². The van der Waals surface area contributed by atoms with Crippen molar-refractivity contribution in [3.63, 3.8) is 0 Å². The summed E-state index contributed by atoms with van der Waals surface area (Å²) in [5.74, 6) is 1.44. The Morgan fingerprint density at radius 1 is 1.19 bits per heavy atom. The van der Waals surface area contributed by atoms with Gasteiger partial charge in [-0.15, -0.1) is 0 Å². The predicted molar refractivity (Wildman–Crippen MR) is 106 cm³/mol. The number of benzene rings is 1. The third-order valence-electron chi connectivity index (χ3n) is 4.95. The molecule has 2 rings (SSSR count). The third-order valence-corrected chi connectivity index (χ3v) is 5.30. The summed E-state index contributed by atoms with van der Waals surface area (Å²) in [6.45, 7) is 6.92. The van der Waals surface area contributed by atoms with Crippen LogP contribution >= 0.6 is 11.6 Å². The highest BCUT2D eigenvalue weighted by molar-refractivity contribution is 6.31. The first kappa shape index (κ1) is 23.1. The first-order valence-electron chi connectivity index (χ1n) is 9.07. The van der Waals surface area contributed by atoms with Crippen molar-refractivity contribution in [2.75, 3.05) is 7.11 Å². The second kappa shape index (κ2) is 10.4. The number of hydrogen-bond acceptors (Lipinski definition) is 3. The largest absolute Gasteiger partial charge is 0.503 e. The average Bonchev–Trinajstić information content (AvgIpc) is 2.56. The van der Waals surface area contributed by atoms with Gasteiger partial charge in [-0.3, -0.25) is 4.79 Å². The lowest BCUT2D eigenvalue weighted by Gasteiger charge is -2.37. The first-order chi connectivity index (χ1) is 12.5. The third kappa shape index (κ3) is 8.08. The number of carboxylic acid groups (broad SMARTS) is 2. The molecule has 1 aliphatic carbocycles. The van der Waals surface area contributed by atoms with E-state index in [1.54, 1.807) is 13.2 Å². The van der Waals surface area contributed by atoms with E-state index in [0.717, 1.165) is 24.3 Å². The summed E-state index contributed by atoms with van der Waals surface area (Å²) < 4.78 is 5.30. The van der Waals surface area contributed by atoms with Crippen LogP contribution in [-0.2, 0) is 11.2 Å². The molecule has 1 aromatic carbocycles. The molecule has 27 heavy (non-hydrogen) atoms. The zero-order valence-electron chi connectivity index (χ0n) is 16.4. The van der Waals surface area contributed by atoms with Gasteiger partial charge in [0.05, 0.1) is 13.5 Å². The van der Waals surface area contributed by atoms with E-state index < -0.39 is 6.16 Å². The Morgan fingerprint density at radius 3 is 2.22 bits per heavy atom. The molecular formula is C20H30ClNO5. The fourth-order valence-corrected chi connectivity index (χ4v) is 3.68. The topological polar surface area (TPSA) is 95.9 Å². The second-order valence-electron chi connectivity index (χ2n) is 7.86. The van der Waals surface area contributed by atoms with Crippen molar-refractivity contribution in [3.8, 4) is 5.75 Å². The smallest absolute Gasteiger partial charge is 0.496 e. The zero-order valence-corrected chi connectivity index (χ0v) is 17.2. The Balaban J connectivity index is 0.000000828. The van der Waals surface area contributed by atoms with Gasteiger partial charge in [0.25, 0.3) is 0 Å². The van der Waals surface area contributed by atoms with Crippen LogP contribution < -0.4 is 10.1 Å². The van der Waals surface area contributed by atoms with Crippen LogP contribution in [0.5, 0.6) is 5.75 Å². The Hall–Kier alpha value is -1.95. The molecular weight excluding hydrogens is 370 g/mol. The fraction of sp³-hybridized carbons (Fsp3) is 0.600. The average molecular weight is 400 g/mol. The molecule has 0 saturated heterocycles. The molecule has 0 atom stereocenters. The Kier molecular flexibility index (Phi) is 8.89. The standard InChI is InChI=1S/C19H28ClNO2.CH2O3/c1-19(2,3)13-8-10-14(11-9-13)21-18(22)12-15-16(20)6-5-7-17(15)23-4;2-1(3)4/h5-7,13-14H,8-12H2,1-4H3,(H,21,22);(H2,2,3,4). The molecule has 3 N–H and O–H groups in total. The van der Waals surface area contributed by atoms with E-state index in [-0.39, 0.29) is 18.4 Å². The van der Waals surface area contributed by atoms with E-state index in [2.05, 4.69) is 26.1 Å². The Bertz CT molecular complexity index is 630. The second-order valence-corrected chi connectivity index (χ2v) is 8.27. The van der Waals surface area contributed by atoms with Gasteiger partial charge < -0.3 is 20.3 Å². The summed E-state index contributed by atoms with van der Waals surface area (Å²) in [4.78, 5) is 20.9. The van der Waals surface area contributed by atoms with Crippen molar-refractivity contribution in [3.05, 3.63) is 28.8 Å². The van der Waals surface area contributed by atoms with Gasteiger partial charge in [0.2, 0.25) is 5.91 Å². The van der Waals surface area contributed by atoms with Crippen LogP contribution in [0.1, 0.15) is 52.0 Å². The molecule has 0 unspecified atom stereocenters. The number of carbonyl (C=O) groups excluding carboxylic acids is 1. The minimum atomic E-state index is -1.83. The van der Waals surface area contributed by atoms with E-state index in [1.165, 1.54) is 12.8 Å². The molecule has 152 valence electrons. The van der Waals surface area contributed by atoms with E-state index in [4.69, 9.17) is 31.3 Å². The Labute approximate surface area is 165 Å². The minimum absolute atomic E-state index is 0.0237. The highest BCUT2D eigenvalue weighted by atomic mass is 35.5. The van der Waals surface area contributed by atoms with Crippen LogP contribution in [0.2, 0.25) is 5.02 Å². The summed E-state index contributed by atoms with van der Waals surface area (Å²) in [7, 11) is 1.60. The molecule has 1 amide bonds. The van der Waals surface area contributed by atoms with Crippen LogP contribution in [0.4, 0.5) is 4.79 Å². The van der Waals surface area contributed by atoms with Gasteiger partial charge in [-0.25, -0.2) is 4.79 Å². The van der Waals surface area contributed by atoms with Gasteiger partial charge >= 0.3 is 6.16 Å². The maximum absolute atomic E-state index is 12.4. The van der Waals surface area contributed by atoms with Gasteiger partial charge in [-0.2, -0.15) is 0 Å². The van der Waals surface area contributed by atoms with Crippen molar-refractivity contribution < 1.29 is 24.5 Å². The van der Waals surface area contributed by atoms with Crippen molar-refractivity contribution in [2.45, 2.75) is 58.9 Å². The number of hydrogen-bond donors (Lipinski definition) is 3. The van der Waals surface area contributed by atoms with Crippen LogP contribution in [0.25, 0.3) is 0 Å². The SMILES string of the molecule is COc1cccc(Cl)c1CC(=O)NC1CCC(C(C)(C)C)CC1.O=C(O)O. The number of methoxy groups -OCH3 is 1. The number of amides is 1. The summed E-state index contributed by atoms with van der Waals surface area (Å²) in [6.07, 6.45) is 2.93. The molecule has 0 aromatic heterocycles. The molecule has 1 aliphatic rings. The number of carbonyl (C=O) groups is 2. The highest BCUT2D eigenvalue weighted by Crippen LogP contribution is 2.37. The quantitative estimate of drug-likeness (QED) is 0.673. The lowest BCUT2D eigenvalue weighted by atomic mass is 9.71. The monoisotopic (exact) mass is 399 g/mol. The van der Waals surface area contributed by atoms with Gasteiger partial charge in [0, 0.05) is 16.6 Å². The van der Waals surface area contributed by atoms with Crippen LogP contribution in [0.15, 0.2) is 18.2 Å². The zero-order chi connectivity index (χ0) is 20.6. The number of rotatable bonds is 4. The van der Waals surface area contributed by atoms with Gasteiger partial charge in [-0.1, -0.05) is 38.4 Å². The van der Waals surface area contributed by atoms with Gasteiger partial charge in [-0.05, 0) is 49.1 Å². The van der Waals surface area contributed by atoms with E-state index >= 15 is 0 Å². The van der Waals surface area contributed by atoms with Crippen molar-refractivity contribution >= 4 is 23.7 Å². The first-order valence-corrected chi connectivity index (χ1v) is 9.45. The van der Waals surface area contributed by atoms with Gasteiger partial charge in [0.1, 0.15) is 5.75 Å². The minimum Gasteiger partial charge on any atom is -0.496 e. The van der Waals surface area contributed by atoms with Crippen LogP contribution in [0, 0.1) is 11.3 Å². The summed E-state index contributed by atoms with van der Waals surface area (Å²) in [5, 5.41) is 17.7. The maximum atomic E-state index is 12.4. The molecule has 0 spiro atoms. The summed E-state index contributed by atoms with van der Waals surface area (Å²) >= 11 is 6.20. The number of ether oxygens (including phenoxy) is 1. The van der Waals surface area contributed by atoms with Crippen molar-refractivity contribution in [1.82, 2.24) is 5.32 Å². The molecule has 0 heterocycles. The maximum Gasteiger partial charge on any atom is 0.503 e. The van der Waals surface area contributed by atoms with Crippen LogP contribution in [-0.4, -0.2) is 35.4 Å². The van der Waals surface area contributed by atoms with E-state index in [9.17, 15) is 4.79 Å². The molecule has 1 saturated carbocycles. The molecule has 1 fully saturated rings. The lowest BCUT2D eigenvalue weighted by molar-refractivity contribution is -0.121. The normalized spacial score (nSPS) is 19.4.